The van der Waals surface area contributed by atoms with Gasteiger partial charge in [-0.2, -0.15) is 0 Å². The maximum atomic E-state index is 12.5. The van der Waals surface area contributed by atoms with Crippen molar-refractivity contribution in [3.8, 4) is 0 Å². The van der Waals surface area contributed by atoms with Crippen molar-refractivity contribution in [1.82, 2.24) is 10.2 Å². The maximum Gasteiger partial charge on any atom is 0.327 e. The fraction of sp³-hybridized carbons (Fsp3) is 0.450. The van der Waals surface area contributed by atoms with Crippen LogP contribution in [0, 0.1) is 0 Å². The molecule has 0 bridgehead atoms. The van der Waals surface area contributed by atoms with Crippen LogP contribution in [0.15, 0.2) is 24.3 Å². The van der Waals surface area contributed by atoms with Crippen molar-refractivity contribution in [1.29, 1.82) is 0 Å². The molecule has 1 saturated carbocycles. The lowest BCUT2D eigenvalue weighted by molar-refractivity contribution is -0.155. The Bertz CT molecular complexity index is 857. The number of hydrogen-bond acceptors (Lipinski definition) is 6. The number of benzene rings is 1. The molecule has 1 atom stereocenters. The molecule has 1 aliphatic heterocycles. The third kappa shape index (κ3) is 4.28. The molecule has 0 unspecified atom stereocenters. The van der Waals surface area contributed by atoms with Crippen LogP contribution in [0.2, 0.25) is 0 Å². The summed E-state index contributed by atoms with van der Waals surface area (Å²) < 4.78 is 5.08. The van der Waals surface area contributed by atoms with Gasteiger partial charge in [0.15, 0.2) is 11.9 Å². The molecule has 2 aliphatic rings. The van der Waals surface area contributed by atoms with Gasteiger partial charge in [0.1, 0.15) is 12.1 Å². The first-order valence-corrected chi connectivity index (χ1v) is 9.47. The van der Waals surface area contributed by atoms with E-state index in [0.29, 0.717) is 24.1 Å². The Balaban J connectivity index is 1.53. The quantitative estimate of drug-likeness (QED) is 0.424. The zero-order valence-corrected chi connectivity index (χ0v) is 16.3. The first-order chi connectivity index (χ1) is 13.7. The lowest BCUT2D eigenvalue weighted by atomic mass is 9.98. The fourth-order valence-electron chi connectivity index (χ4n) is 3.59. The van der Waals surface area contributed by atoms with Crippen LogP contribution >= 0.6 is 0 Å². The van der Waals surface area contributed by atoms with Crippen molar-refractivity contribution >= 4 is 35.3 Å². The van der Waals surface area contributed by atoms with Crippen LogP contribution in [0.25, 0.3) is 0 Å². The minimum atomic E-state index is -1.13. The lowest BCUT2D eigenvalue weighted by Gasteiger charge is -2.20. The number of urea groups is 1. The molecular formula is C20H23N3O6. The predicted molar refractivity (Wildman–Crippen MR) is 102 cm³/mol. The number of Topliss-reactive ketones (excluding diaryl/α,β-unsaturated/α-hetero) is 1. The highest BCUT2D eigenvalue weighted by Gasteiger charge is 2.52. The second-order valence-corrected chi connectivity index (χ2v) is 7.37. The first kappa shape index (κ1) is 20.5. The number of anilines is 1. The highest BCUT2D eigenvalue weighted by Crippen LogP contribution is 2.34. The summed E-state index contributed by atoms with van der Waals surface area (Å²) in [6.07, 6.45) is 1.68. The van der Waals surface area contributed by atoms with Crippen LogP contribution in [0.4, 0.5) is 10.5 Å². The predicted octanol–water partition coefficient (Wildman–Crippen LogP) is 1.62. The van der Waals surface area contributed by atoms with Gasteiger partial charge in [-0.25, -0.2) is 4.79 Å². The lowest BCUT2D eigenvalue weighted by Crippen LogP contribution is -2.44. The Labute approximate surface area is 167 Å². The molecule has 1 aromatic carbocycles. The van der Waals surface area contributed by atoms with E-state index in [0.717, 1.165) is 17.7 Å². The van der Waals surface area contributed by atoms with Gasteiger partial charge in [-0.15, -0.1) is 0 Å². The molecule has 9 heteroatoms. The van der Waals surface area contributed by atoms with Gasteiger partial charge in [0.25, 0.3) is 11.8 Å². The summed E-state index contributed by atoms with van der Waals surface area (Å²) in [6, 6.07) is 5.67. The minimum Gasteiger partial charge on any atom is -0.451 e. The Kier molecular flexibility index (Phi) is 5.67. The molecule has 1 heterocycles. The Morgan fingerprint density at radius 3 is 2.38 bits per heavy atom. The molecule has 3 rings (SSSR count). The van der Waals surface area contributed by atoms with Crippen molar-refractivity contribution in [2.75, 3.05) is 11.9 Å². The van der Waals surface area contributed by atoms with Gasteiger partial charge in [-0.1, -0.05) is 12.8 Å². The van der Waals surface area contributed by atoms with E-state index in [1.807, 2.05) is 0 Å². The summed E-state index contributed by atoms with van der Waals surface area (Å²) in [5.41, 5.74) is 0.0584. The van der Waals surface area contributed by atoms with Crippen molar-refractivity contribution in [3.05, 3.63) is 29.8 Å². The fourth-order valence-corrected chi connectivity index (χ4v) is 3.59. The Hall–Kier alpha value is -3.23. The highest BCUT2D eigenvalue weighted by molar-refractivity contribution is 6.09. The number of imide groups is 1. The SMILES string of the molecule is CC(=O)c1ccc(NC(=O)[C@@H](C)OC(=O)CN2C(=O)NC3(CCCC3)C2=O)cc1. The normalized spacial score (nSPS) is 18.5. The van der Waals surface area contributed by atoms with E-state index in [1.165, 1.54) is 13.8 Å². The summed E-state index contributed by atoms with van der Waals surface area (Å²) in [7, 11) is 0. The standard InChI is InChI=1S/C20H23N3O6/c1-12(24)14-5-7-15(8-6-14)21-17(26)13(2)29-16(25)11-23-18(27)20(22-19(23)28)9-3-4-10-20/h5-8,13H,3-4,9-11H2,1-2H3,(H,21,26)(H,22,28)/t13-/m1/s1. The van der Waals surface area contributed by atoms with Gasteiger partial charge in [0, 0.05) is 11.3 Å². The average molecular weight is 401 g/mol. The molecule has 29 heavy (non-hydrogen) atoms. The van der Waals surface area contributed by atoms with Crippen LogP contribution in [0.5, 0.6) is 0 Å². The van der Waals surface area contributed by atoms with Gasteiger partial charge in [-0.05, 0) is 51.0 Å². The van der Waals surface area contributed by atoms with E-state index in [4.69, 9.17) is 4.74 Å². The number of esters is 1. The average Bonchev–Trinajstić information content (AvgIpc) is 3.23. The second-order valence-electron chi connectivity index (χ2n) is 7.37. The Morgan fingerprint density at radius 1 is 1.17 bits per heavy atom. The van der Waals surface area contributed by atoms with Crippen molar-refractivity contribution < 1.29 is 28.7 Å². The minimum absolute atomic E-state index is 0.0925. The number of amides is 4. The van der Waals surface area contributed by atoms with E-state index in [1.54, 1.807) is 24.3 Å². The third-order valence-electron chi connectivity index (χ3n) is 5.23. The molecule has 1 aliphatic carbocycles. The van der Waals surface area contributed by atoms with Crippen molar-refractivity contribution in [2.24, 2.45) is 0 Å². The number of nitrogens with one attached hydrogen (secondary N) is 2. The maximum absolute atomic E-state index is 12.5. The molecule has 2 fully saturated rings. The molecule has 1 saturated heterocycles. The van der Waals surface area contributed by atoms with E-state index in [-0.39, 0.29) is 5.78 Å². The summed E-state index contributed by atoms with van der Waals surface area (Å²) >= 11 is 0. The molecular weight excluding hydrogens is 378 g/mol. The smallest absolute Gasteiger partial charge is 0.327 e. The van der Waals surface area contributed by atoms with Crippen LogP contribution in [0.3, 0.4) is 0 Å². The molecule has 154 valence electrons. The number of carbonyl (C=O) groups is 5. The van der Waals surface area contributed by atoms with E-state index in [2.05, 4.69) is 10.6 Å². The Morgan fingerprint density at radius 2 is 1.79 bits per heavy atom. The number of ether oxygens (including phenoxy) is 1. The molecule has 0 aromatic heterocycles. The van der Waals surface area contributed by atoms with E-state index in [9.17, 15) is 24.0 Å². The van der Waals surface area contributed by atoms with Gasteiger partial charge in [0.05, 0.1) is 0 Å². The molecule has 0 radical (unpaired) electrons. The number of rotatable bonds is 6. The summed E-state index contributed by atoms with van der Waals surface area (Å²) in [6.45, 7) is 2.29. The second kappa shape index (κ2) is 8.02. The molecule has 1 spiro atoms. The topological polar surface area (TPSA) is 122 Å². The monoisotopic (exact) mass is 401 g/mol. The summed E-state index contributed by atoms with van der Waals surface area (Å²) in [5.74, 6) is -1.93. The highest BCUT2D eigenvalue weighted by atomic mass is 16.5. The number of carbonyl (C=O) groups excluding carboxylic acids is 5. The van der Waals surface area contributed by atoms with Crippen LogP contribution in [-0.2, 0) is 19.1 Å². The van der Waals surface area contributed by atoms with Gasteiger partial charge in [-0.3, -0.25) is 24.1 Å². The summed E-state index contributed by atoms with van der Waals surface area (Å²) in [4.78, 5) is 61.2. The third-order valence-corrected chi connectivity index (χ3v) is 5.23. The van der Waals surface area contributed by atoms with Crippen LogP contribution in [0.1, 0.15) is 49.9 Å². The van der Waals surface area contributed by atoms with Crippen LogP contribution < -0.4 is 10.6 Å². The zero-order valence-electron chi connectivity index (χ0n) is 16.3. The summed E-state index contributed by atoms with van der Waals surface area (Å²) in [5, 5.41) is 5.26. The van der Waals surface area contributed by atoms with Crippen LogP contribution in [-0.4, -0.2) is 52.7 Å². The van der Waals surface area contributed by atoms with Gasteiger partial charge >= 0.3 is 12.0 Å². The van der Waals surface area contributed by atoms with Crippen molar-refractivity contribution in [2.45, 2.75) is 51.2 Å². The molecule has 9 nitrogen and oxygen atoms in total. The van der Waals surface area contributed by atoms with Gasteiger partial charge in [0.2, 0.25) is 0 Å². The van der Waals surface area contributed by atoms with Crippen molar-refractivity contribution in [3.63, 3.8) is 0 Å². The van der Waals surface area contributed by atoms with E-state index < -0.39 is 42.0 Å². The molecule has 1 aromatic rings. The number of ketones is 1. The largest absolute Gasteiger partial charge is 0.451 e. The number of hydrogen-bond donors (Lipinski definition) is 2. The zero-order chi connectivity index (χ0) is 21.2. The first-order valence-electron chi connectivity index (χ1n) is 9.47. The number of nitrogens with zero attached hydrogens (tertiary/aromatic N) is 1. The van der Waals surface area contributed by atoms with E-state index >= 15 is 0 Å². The van der Waals surface area contributed by atoms with Gasteiger partial charge < -0.3 is 15.4 Å². The molecule has 4 amide bonds. The molecule has 2 N–H and O–H groups in total.